The largest absolute Gasteiger partial charge is 0.495 e. The van der Waals surface area contributed by atoms with Gasteiger partial charge in [0.2, 0.25) is 5.91 Å². The Morgan fingerprint density at radius 1 is 1.52 bits per heavy atom. The van der Waals surface area contributed by atoms with Crippen molar-refractivity contribution in [3.05, 3.63) is 41.5 Å². The second-order valence-corrected chi connectivity index (χ2v) is 5.70. The predicted molar refractivity (Wildman–Crippen MR) is 96.3 cm³/mol. The Hall–Kier alpha value is -2.87. The van der Waals surface area contributed by atoms with Crippen molar-refractivity contribution < 1.29 is 9.53 Å². The van der Waals surface area contributed by atoms with E-state index in [-0.39, 0.29) is 5.91 Å². The number of nitrogen functional groups attached to an aromatic ring is 1. The fourth-order valence-corrected chi connectivity index (χ4v) is 2.63. The van der Waals surface area contributed by atoms with Crippen LogP contribution in [0.25, 0.3) is 0 Å². The van der Waals surface area contributed by atoms with E-state index in [1.54, 1.807) is 10.9 Å². The van der Waals surface area contributed by atoms with Crippen molar-refractivity contribution >= 4 is 23.1 Å². The molecule has 2 aliphatic rings. The highest BCUT2D eigenvalue weighted by atomic mass is 16.5. The first-order valence-corrected chi connectivity index (χ1v) is 8.23. The molecule has 1 aliphatic carbocycles. The second kappa shape index (κ2) is 7.35. The number of carbonyl (C=O) groups is 1. The molecule has 1 aliphatic heterocycles. The average molecular weight is 342 g/mol. The Kier molecular flexibility index (Phi) is 4.99. The van der Waals surface area contributed by atoms with E-state index in [4.69, 9.17) is 10.5 Å². The Balaban J connectivity index is 1.96. The summed E-state index contributed by atoms with van der Waals surface area (Å²) in [5.41, 5.74) is 8.75. The molecule has 0 bridgehead atoms. The van der Waals surface area contributed by atoms with Gasteiger partial charge in [0.1, 0.15) is 23.9 Å². The quantitative estimate of drug-likeness (QED) is 0.760. The van der Waals surface area contributed by atoms with Gasteiger partial charge in [0.25, 0.3) is 0 Å². The highest BCUT2D eigenvalue weighted by Gasteiger charge is 2.17. The highest BCUT2D eigenvalue weighted by Crippen LogP contribution is 2.25. The number of hydrogen-bond donors (Lipinski definition) is 3. The second-order valence-electron chi connectivity index (χ2n) is 5.70. The molecule has 8 nitrogen and oxygen atoms in total. The van der Waals surface area contributed by atoms with E-state index >= 15 is 0 Å². The monoisotopic (exact) mass is 342 g/mol. The number of nitrogens with two attached hydrogens (primary N) is 1. The minimum absolute atomic E-state index is 0.168. The number of amides is 1. The molecule has 1 amide bonds. The molecule has 1 aromatic heterocycles. The predicted octanol–water partition coefficient (Wildman–Crippen LogP) is 1.02. The third kappa shape index (κ3) is 3.80. The fourth-order valence-electron chi connectivity index (χ4n) is 2.63. The summed E-state index contributed by atoms with van der Waals surface area (Å²) in [6.07, 6.45) is 7.25. The van der Waals surface area contributed by atoms with Gasteiger partial charge in [-0.25, -0.2) is 9.67 Å². The summed E-state index contributed by atoms with van der Waals surface area (Å²) in [5.74, 6) is 1.18. The van der Waals surface area contributed by atoms with Crippen LogP contribution in [0.2, 0.25) is 0 Å². The van der Waals surface area contributed by atoms with Gasteiger partial charge in [-0.3, -0.25) is 4.79 Å². The van der Waals surface area contributed by atoms with Crippen molar-refractivity contribution in [1.29, 1.82) is 0 Å². The normalized spacial score (nSPS) is 21.8. The molecular formula is C17H22N6O2. The Morgan fingerprint density at radius 2 is 2.36 bits per heavy atom. The van der Waals surface area contributed by atoms with Crippen LogP contribution in [-0.4, -0.2) is 41.1 Å². The van der Waals surface area contributed by atoms with Crippen LogP contribution in [0.3, 0.4) is 0 Å². The standard InChI is InChI=1S/C17H22N6O2/c1-3-23-17(18)15(9-20-23)22-13-5-4-12(8-14(13)21-11(2)24)16-10-19-6-7-25-16/h4-5,8-9,19H,3,6-7,10,18H2,1-2H3,(H,21,24). The molecule has 0 spiro atoms. The van der Waals surface area contributed by atoms with Gasteiger partial charge >= 0.3 is 0 Å². The van der Waals surface area contributed by atoms with E-state index in [0.717, 1.165) is 17.9 Å². The summed E-state index contributed by atoms with van der Waals surface area (Å²) in [4.78, 5) is 16.1. The van der Waals surface area contributed by atoms with Crippen molar-refractivity contribution in [2.45, 2.75) is 20.4 Å². The number of anilines is 1. The lowest BCUT2D eigenvalue weighted by molar-refractivity contribution is -0.118. The molecule has 2 heterocycles. The summed E-state index contributed by atoms with van der Waals surface area (Å²) in [5, 5.41) is 10.3. The van der Waals surface area contributed by atoms with Crippen molar-refractivity contribution in [3.63, 3.8) is 0 Å². The molecule has 25 heavy (non-hydrogen) atoms. The first-order valence-electron chi connectivity index (χ1n) is 8.23. The van der Waals surface area contributed by atoms with Crippen LogP contribution in [0.15, 0.2) is 46.4 Å². The summed E-state index contributed by atoms with van der Waals surface area (Å²) in [6.45, 7) is 6.21. The van der Waals surface area contributed by atoms with E-state index in [2.05, 4.69) is 20.7 Å². The number of morpholine rings is 1. The molecule has 4 N–H and O–H groups in total. The number of rotatable bonds is 3. The molecule has 1 saturated heterocycles. The Bertz CT molecular complexity index is 792. The van der Waals surface area contributed by atoms with E-state index in [9.17, 15) is 4.79 Å². The topological polar surface area (TPSA) is 107 Å². The van der Waals surface area contributed by atoms with Crippen LogP contribution in [0.1, 0.15) is 13.8 Å². The third-order valence-corrected chi connectivity index (χ3v) is 3.87. The van der Waals surface area contributed by atoms with Gasteiger partial charge in [-0.15, -0.1) is 0 Å². The van der Waals surface area contributed by atoms with Crippen LogP contribution in [0.5, 0.6) is 0 Å². The first-order chi connectivity index (χ1) is 12.1. The zero-order chi connectivity index (χ0) is 17.8. The molecule has 0 radical (unpaired) electrons. The first kappa shape index (κ1) is 17.0. The molecule has 1 aromatic rings. The smallest absolute Gasteiger partial charge is 0.221 e. The number of aryl methyl sites for hydroxylation is 1. The van der Waals surface area contributed by atoms with E-state index in [0.29, 0.717) is 42.6 Å². The molecule has 0 aromatic carbocycles. The molecule has 132 valence electrons. The van der Waals surface area contributed by atoms with Gasteiger partial charge in [-0.05, 0) is 25.2 Å². The maximum atomic E-state index is 11.6. The van der Waals surface area contributed by atoms with E-state index in [1.807, 2.05) is 25.2 Å². The average Bonchev–Trinajstić information content (AvgIpc) is 2.96. The lowest BCUT2D eigenvalue weighted by Crippen LogP contribution is -2.30. The number of aliphatic imine (C=N–C) groups is 1. The van der Waals surface area contributed by atoms with Gasteiger partial charge in [-0.2, -0.15) is 5.10 Å². The van der Waals surface area contributed by atoms with E-state index < -0.39 is 0 Å². The number of hydrogen-bond acceptors (Lipinski definition) is 6. The summed E-state index contributed by atoms with van der Waals surface area (Å²) < 4.78 is 7.37. The molecule has 0 unspecified atom stereocenters. The highest BCUT2D eigenvalue weighted by molar-refractivity contribution is 6.13. The number of carbonyl (C=O) groups excluding carboxylic acids is 1. The molecule has 0 saturated carbocycles. The zero-order valence-corrected chi connectivity index (χ0v) is 14.4. The molecular weight excluding hydrogens is 320 g/mol. The summed E-state index contributed by atoms with van der Waals surface area (Å²) >= 11 is 0. The van der Waals surface area contributed by atoms with Gasteiger partial charge < -0.3 is 21.1 Å². The van der Waals surface area contributed by atoms with E-state index in [1.165, 1.54) is 6.92 Å². The minimum atomic E-state index is -0.168. The van der Waals surface area contributed by atoms with Gasteiger partial charge in [0.15, 0.2) is 0 Å². The number of allylic oxidation sites excluding steroid dienone is 4. The molecule has 1 fully saturated rings. The van der Waals surface area contributed by atoms with Gasteiger partial charge in [0, 0.05) is 25.6 Å². The number of nitrogens with zero attached hydrogens (tertiary/aromatic N) is 3. The van der Waals surface area contributed by atoms with Crippen LogP contribution in [-0.2, 0) is 16.1 Å². The fraction of sp³-hybridized carbons (Fsp3) is 0.353. The molecule has 8 heteroatoms. The zero-order valence-electron chi connectivity index (χ0n) is 14.4. The number of nitrogens with one attached hydrogen (secondary N) is 2. The number of aromatic nitrogens is 2. The van der Waals surface area contributed by atoms with Crippen LogP contribution < -0.4 is 16.4 Å². The van der Waals surface area contributed by atoms with Gasteiger partial charge in [0.05, 0.1) is 24.2 Å². The molecule has 0 atom stereocenters. The minimum Gasteiger partial charge on any atom is -0.495 e. The van der Waals surface area contributed by atoms with Crippen LogP contribution in [0, 0.1) is 0 Å². The molecule has 3 rings (SSSR count). The maximum absolute atomic E-state index is 11.6. The van der Waals surface area contributed by atoms with Crippen molar-refractivity contribution in [3.8, 4) is 0 Å². The lowest BCUT2D eigenvalue weighted by atomic mass is 10.0. The number of ether oxygens (including phenoxy) is 1. The van der Waals surface area contributed by atoms with Crippen LogP contribution in [0.4, 0.5) is 11.5 Å². The van der Waals surface area contributed by atoms with Crippen molar-refractivity contribution in [2.75, 3.05) is 25.4 Å². The lowest BCUT2D eigenvalue weighted by Gasteiger charge is -2.21. The van der Waals surface area contributed by atoms with Crippen molar-refractivity contribution in [1.82, 2.24) is 20.4 Å². The van der Waals surface area contributed by atoms with Crippen LogP contribution >= 0.6 is 0 Å². The Labute approximate surface area is 146 Å². The third-order valence-electron chi connectivity index (χ3n) is 3.87. The Morgan fingerprint density at radius 3 is 3.00 bits per heavy atom. The van der Waals surface area contributed by atoms with Crippen molar-refractivity contribution in [2.24, 2.45) is 4.99 Å². The maximum Gasteiger partial charge on any atom is 0.221 e. The summed E-state index contributed by atoms with van der Waals surface area (Å²) in [6, 6.07) is 0. The SMILES string of the molecule is CCn1ncc(N=C2C=CC(=C3CNCCO3)C=C2NC(C)=O)c1N. The van der Waals surface area contributed by atoms with Gasteiger partial charge in [-0.1, -0.05) is 0 Å². The summed E-state index contributed by atoms with van der Waals surface area (Å²) in [7, 11) is 0.